The number of benzene rings is 2. The van der Waals surface area contributed by atoms with E-state index in [1.54, 1.807) is 24.3 Å². The van der Waals surface area contributed by atoms with Gasteiger partial charge in [-0.1, -0.05) is 24.3 Å². The highest BCUT2D eigenvalue weighted by atomic mass is 16.5. The van der Waals surface area contributed by atoms with Gasteiger partial charge >= 0.3 is 0 Å². The highest BCUT2D eigenvalue weighted by Gasteiger charge is 2.15. The summed E-state index contributed by atoms with van der Waals surface area (Å²) in [5.41, 5.74) is 4.62. The Bertz CT molecular complexity index is 1080. The van der Waals surface area contributed by atoms with E-state index in [4.69, 9.17) is 4.74 Å². The number of amides is 2. The molecule has 1 aromatic heterocycles. The Morgan fingerprint density at radius 3 is 2.10 bits per heavy atom. The first-order valence-corrected chi connectivity index (χ1v) is 9.19. The second-order valence-electron chi connectivity index (χ2n) is 6.77. The van der Waals surface area contributed by atoms with Gasteiger partial charge in [-0.3, -0.25) is 9.59 Å². The molecule has 0 spiro atoms. The van der Waals surface area contributed by atoms with E-state index in [1.165, 1.54) is 7.11 Å². The molecule has 0 fully saturated rings. The average molecular weight is 389 g/mol. The van der Waals surface area contributed by atoms with Gasteiger partial charge < -0.3 is 15.4 Å². The van der Waals surface area contributed by atoms with Crippen LogP contribution in [-0.4, -0.2) is 23.9 Å². The van der Waals surface area contributed by atoms with Crippen molar-refractivity contribution in [3.63, 3.8) is 0 Å². The van der Waals surface area contributed by atoms with Crippen LogP contribution in [0.2, 0.25) is 0 Å². The maximum Gasteiger partial charge on any atom is 0.274 e. The second-order valence-corrected chi connectivity index (χ2v) is 6.77. The van der Waals surface area contributed by atoms with Crippen LogP contribution < -0.4 is 15.4 Å². The van der Waals surface area contributed by atoms with Crippen LogP contribution in [0.3, 0.4) is 0 Å². The van der Waals surface area contributed by atoms with Crippen LogP contribution in [0, 0.1) is 20.8 Å². The number of carbonyl (C=O) groups is 2. The number of ether oxygens (including phenoxy) is 1. The zero-order valence-corrected chi connectivity index (χ0v) is 16.9. The van der Waals surface area contributed by atoms with Crippen molar-refractivity contribution in [3.05, 3.63) is 82.7 Å². The molecule has 2 amide bonds. The summed E-state index contributed by atoms with van der Waals surface area (Å²) in [6, 6.07) is 16.0. The predicted octanol–water partition coefficient (Wildman–Crippen LogP) is 4.52. The summed E-state index contributed by atoms with van der Waals surface area (Å²) in [7, 11) is 1.54. The van der Waals surface area contributed by atoms with Crippen LogP contribution in [0.25, 0.3) is 0 Å². The van der Waals surface area contributed by atoms with Gasteiger partial charge in [0, 0.05) is 5.69 Å². The van der Waals surface area contributed by atoms with E-state index in [1.807, 2.05) is 51.1 Å². The summed E-state index contributed by atoms with van der Waals surface area (Å²) in [6.45, 7) is 5.84. The van der Waals surface area contributed by atoms with E-state index in [9.17, 15) is 9.59 Å². The molecule has 148 valence electrons. The SMILES string of the molecule is COc1ccc(C)cc1NC(=O)c1cccc(C(=O)Nc2cccc(C)c2C)n1. The number of aromatic nitrogens is 1. The van der Waals surface area contributed by atoms with E-state index in [2.05, 4.69) is 15.6 Å². The molecule has 3 aromatic rings. The third-order valence-corrected chi connectivity index (χ3v) is 4.67. The number of pyridine rings is 1. The number of nitrogens with one attached hydrogen (secondary N) is 2. The van der Waals surface area contributed by atoms with Gasteiger partial charge in [0.2, 0.25) is 0 Å². The summed E-state index contributed by atoms with van der Waals surface area (Å²) < 4.78 is 5.29. The Kier molecular flexibility index (Phi) is 5.93. The first-order chi connectivity index (χ1) is 13.9. The van der Waals surface area contributed by atoms with E-state index < -0.39 is 5.91 Å². The van der Waals surface area contributed by atoms with Gasteiger partial charge in [-0.2, -0.15) is 0 Å². The first kappa shape index (κ1) is 20.1. The van der Waals surface area contributed by atoms with E-state index >= 15 is 0 Å². The van der Waals surface area contributed by atoms with Gasteiger partial charge in [0.15, 0.2) is 0 Å². The standard InChI is InChI=1S/C23H23N3O3/c1-14-11-12-21(29-4)20(13-14)26-23(28)19-10-6-9-18(24-19)22(27)25-17-8-5-7-15(2)16(17)3/h5-13H,1-4H3,(H,25,27)(H,26,28). The molecule has 0 saturated carbocycles. The Balaban J connectivity index is 1.80. The zero-order valence-electron chi connectivity index (χ0n) is 16.9. The van der Waals surface area contributed by atoms with Gasteiger partial charge in [-0.15, -0.1) is 0 Å². The van der Waals surface area contributed by atoms with Gasteiger partial charge in [0.1, 0.15) is 17.1 Å². The predicted molar refractivity (Wildman–Crippen MR) is 114 cm³/mol. The number of aryl methyl sites for hydroxylation is 2. The topological polar surface area (TPSA) is 80.3 Å². The van der Waals surface area contributed by atoms with E-state index in [0.717, 1.165) is 22.4 Å². The summed E-state index contributed by atoms with van der Waals surface area (Å²) in [5, 5.41) is 5.65. The molecular formula is C23H23N3O3. The minimum absolute atomic E-state index is 0.141. The highest BCUT2D eigenvalue weighted by molar-refractivity contribution is 6.06. The average Bonchev–Trinajstić information content (AvgIpc) is 2.71. The number of rotatable bonds is 5. The van der Waals surface area contributed by atoms with Crippen LogP contribution in [0.15, 0.2) is 54.6 Å². The monoisotopic (exact) mass is 389 g/mol. The first-order valence-electron chi connectivity index (χ1n) is 9.19. The Hall–Kier alpha value is -3.67. The highest BCUT2D eigenvalue weighted by Crippen LogP contribution is 2.25. The Morgan fingerprint density at radius 1 is 0.828 bits per heavy atom. The van der Waals surface area contributed by atoms with Crippen molar-refractivity contribution < 1.29 is 14.3 Å². The fourth-order valence-electron chi connectivity index (χ4n) is 2.87. The van der Waals surface area contributed by atoms with Gasteiger partial charge in [-0.25, -0.2) is 4.98 Å². The lowest BCUT2D eigenvalue weighted by atomic mass is 10.1. The van der Waals surface area contributed by atoms with Crippen LogP contribution in [-0.2, 0) is 0 Å². The summed E-state index contributed by atoms with van der Waals surface area (Å²) in [5.74, 6) is -0.246. The van der Waals surface area contributed by atoms with Gasteiger partial charge in [-0.05, 0) is 67.8 Å². The quantitative estimate of drug-likeness (QED) is 0.672. The third kappa shape index (κ3) is 4.60. The number of carbonyl (C=O) groups excluding carboxylic acids is 2. The molecule has 3 rings (SSSR count). The zero-order chi connectivity index (χ0) is 21.0. The molecule has 2 aromatic carbocycles. The fourth-order valence-corrected chi connectivity index (χ4v) is 2.87. The molecule has 0 bridgehead atoms. The minimum Gasteiger partial charge on any atom is -0.495 e. The number of hydrogen-bond acceptors (Lipinski definition) is 4. The van der Waals surface area contributed by atoms with Crippen molar-refractivity contribution in [3.8, 4) is 5.75 Å². The molecule has 0 aliphatic carbocycles. The second kappa shape index (κ2) is 8.56. The fraction of sp³-hybridized carbons (Fsp3) is 0.174. The molecule has 0 unspecified atom stereocenters. The number of anilines is 2. The van der Waals surface area contributed by atoms with Crippen molar-refractivity contribution in [2.75, 3.05) is 17.7 Å². The Labute approximate surface area is 169 Å². The Morgan fingerprint density at radius 2 is 1.45 bits per heavy atom. The van der Waals surface area contributed by atoms with E-state index in [-0.39, 0.29) is 17.3 Å². The molecule has 1 heterocycles. The summed E-state index contributed by atoms with van der Waals surface area (Å²) in [4.78, 5) is 29.5. The molecule has 0 saturated heterocycles. The third-order valence-electron chi connectivity index (χ3n) is 4.67. The van der Waals surface area contributed by atoms with Crippen LogP contribution in [0.4, 0.5) is 11.4 Å². The molecule has 0 radical (unpaired) electrons. The van der Waals surface area contributed by atoms with Crippen LogP contribution in [0.5, 0.6) is 5.75 Å². The van der Waals surface area contributed by atoms with Gasteiger partial charge in [0.25, 0.3) is 11.8 Å². The normalized spacial score (nSPS) is 10.3. The maximum atomic E-state index is 12.7. The lowest BCUT2D eigenvalue weighted by Crippen LogP contribution is -2.19. The van der Waals surface area contributed by atoms with Crippen molar-refractivity contribution in [2.24, 2.45) is 0 Å². The molecule has 6 heteroatoms. The largest absolute Gasteiger partial charge is 0.495 e. The van der Waals surface area contributed by atoms with Crippen LogP contribution >= 0.6 is 0 Å². The summed E-state index contributed by atoms with van der Waals surface area (Å²) >= 11 is 0. The number of methoxy groups -OCH3 is 1. The van der Waals surface area contributed by atoms with E-state index in [0.29, 0.717) is 11.4 Å². The van der Waals surface area contributed by atoms with Crippen molar-refractivity contribution in [1.29, 1.82) is 0 Å². The molecule has 29 heavy (non-hydrogen) atoms. The molecule has 0 atom stereocenters. The molecular weight excluding hydrogens is 366 g/mol. The molecule has 0 aliphatic rings. The maximum absolute atomic E-state index is 12.7. The lowest BCUT2D eigenvalue weighted by Gasteiger charge is -2.12. The number of hydrogen-bond donors (Lipinski definition) is 2. The minimum atomic E-state index is -0.421. The lowest BCUT2D eigenvalue weighted by molar-refractivity contribution is 0.101. The van der Waals surface area contributed by atoms with Crippen LogP contribution in [0.1, 0.15) is 37.7 Å². The number of nitrogens with zero attached hydrogens (tertiary/aromatic N) is 1. The van der Waals surface area contributed by atoms with Gasteiger partial charge in [0.05, 0.1) is 12.8 Å². The van der Waals surface area contributed by atoms with Crippen molar-refractivity contribution >= 4 is 23.2 Å². The van der Waals surface area contributed by atoms with Crippen molar-refractivity contribution in [1.82, 2.24) is 4.98 Å². The molecule has 0 aliphatic heterocycles. The van der Waals surface area contributed by atoms with Crippen molar-refractivity contribution in [2.45, 2.75) is 20.8 Å². The molecule has 2 N–H and O–H groups in total. The molecule has 6 nitrogen and oxygen atoms in total. The summed E-state index contributed by atoms with van der Waals surface area (Å²) in [6.07, 6.45) is 0. The smallest absolute Gasteiger partial charge is 0.274 e.